The van der Waals surface area contributed by atoms with Gasteiger partial charge < -0.3 is 9.64 Å². The average molecular weight is 372 g/mol. The fraction of sp³-hybridized carbons (Fsp3) is 0.526. The van der Waals surface area contributed by atoms with Crippen molar-refractivity contribution in [2.24, 2.45) is 0 Å². The average Bonchev–Trinajstić information content (AvgIpc) is 3.17. The minimum atomic E-state index is 0.0925. The number of fused-ring (bicyclic) bond motifs is 2. The maximum atomic E-state index is 12.2. The van der Waals surface area contributed by atoms with Gasteiger partial charge in [-0.1, -0.05) is 0 Å². The van der Waals surface area contributed by atoms with Crippen LogP contribution >= 0.6 is 11.3 Å². The van der Waals surface area contributed by atoms with Crippen molar-refractivity contribution in [3.05, 3.63) is 38.5 Å². The van der Waals surface area contributed by atoms with Gasteiger partial charge in [0.05, 0.1) is 4.88 Å². The van der Waals surface area contributed by atoms with E-state index in [1.165, 1.54) is 10.4 Å². The molecule has 2 aromatic heterocycles. The molecule has 1 unspecified atom stereocenters. The van der Waals surface area contributed by atoms with Crippen LogP contribution in [-0.2, 0) is 19.4 Å². The summed E-state index contributed by atoms with van der Waals surface area (Å²) in [6.07, 6.45) is 2.00. The van der Waals surface area contributed by atoms with Crippen molar-refractivity contribution in [3.63, 3.8) is 0 Å². The van der Waals surface area contributed by atoms with Crippen LogP contribution in [0.1, 0.15) is 37.2 Å². The van der Waals surface area contributed by atoms with Crippen LogP contribution in [0.4, 0.5) is 0 Å². The summed E-state index contributed by atoms with van der Waals surface area (Å²) in [6.45, 7) is 6.69. The number of rotatable bonds is 3. The minimum Gasteiger partial charge on any atom is -0.472 e. The second-order valence-corrected chi connectivity index (χ2v) is 8.46. The Balaban J connectivity index is 1.43. The molecule has 0 saturated heterocycles. The molecule has 0 aromatic carbocycles. The molecule has 7 heteroatoms. The zero-order valence-corrected chi connectivity index (χ0v) is 16.5. The summed E-state index contributed by atoms with van der Waals surface area (Å²) >= 11 is 1.64. The topological polar surface area (TPSA) is 58.6 Å². The molecule has 0 radical (unpaired) electrons. The Kier molecular flexibility index (Phi) is 4.44. The summed E-state index contributed by atoms with van der Waals surface area (Å²) in [4.78, 5) is 27.3. The van der Waals surface area contributed by atoms with Crippen molar-refractivity contribution in [1.29, 1.82) is 0 Å². The number of carbonyl (C=O) groups is 1. The van der Waals surface area contributed by atoms with Gasteiger partial charge in [0.15, 0.2) is 0 Å². The van der Waals surface area contributed by atoms with Gasteiger partial charge >= 0.3 is 0 Å². The predicted octanol–water partition coefficient (Wildman–Crippen LogP) is 2.22. The molecule has 0 aliphatic carbocycles. The Bertz CT molecular complexity index is 861. The quantitative estimate of drug-likeness (QED) is 0.827. The molecule has 0 bridgehead atoms. The standard InChI is InChI=1S/C19H24N4O2S/c1-11-15-8-14(25-18(15)21-12(2)20-11)10-23-6-5-16-13(9-23)7-17(26-16)19(24)22(3)4/h7,14H,5-6,8-10H2,1-4H3. The van der Waals surface area contributed by atoms with E-state index in [1.807, 2.05) is 13.8 Å². The number of carbonyl (C=O) groups excluding carboxylic acids is 1. The Labute approximate surface area is 157 Å². The third-order valence-electron chi connectivity index (χ3n) is 5.02. The van der Waals surface area contributed by atoms with Gasteiger partial charge in [0.25, 0.3) is 5.91 Å². The lowest BCUT2D eigenvalue weighted by molar-refractivity contribution is 0.0832. The highest BCUT2D eigenvalue weighted by atomic mass is 32.1. The van der Waals surface area contributed by atoms with E-state index in [1.54, 1.807) is 30.3 Å². The minimum absolute atomic E-state index is 0.0925. The van der Waals surface area contributed by atoms with Crippen LogP contribution in [0.5, 0.6) is 5.88 Å². The van der Waals surface area contributed by atoms with E-state index in [4.69, 9.17) is 4.74 Å². The lowest BCUT2D eigenvalue weighted by atomic mass is 10.1. The van der Waals surface area contributed by atoms with Crippen LogP contribution in [-0.4, -0.2) is 59.0 Å². The number of aryl methyl sites for hydroxylation is 2. The van der Waals surface area contributed by atoms with Crippen LogP contribution < -0.4 is 4.74 Å². The van der Waals surface area contributed by atoms with E-state index in [0.29, 0.717) is 0 Å². The van der Waals surface area contributed by atoms with Gasteiger partial charge in [-0.15, -0.1) is 11.3 Å². The number of ether oxygens (including phenoxy) is 1. The van der Waals surface area contributed by atoms with E-state index in [-0.39, 0.29) is 12.0 Å². The van der Waals surface area contributed by atoms with Crippen molar-refractivity contribution in [3.8, 4) is 5.88 Å². The van der Waals surface area contributed by atoms with Gasteiger partial charge in [-0.3, -0.25) is 9.69 Å². The molecule has 0 fully saturated rings. The lowest BCUT2D eigenvalue weighted by Gasteiger charge is -2.28. The summed E-state index contributed by atoms with van der Waals surface area (Å²) < 4.78 is 6.08. The highest BCUT2D eigenvalue weighted by molar-refractivity contribution is 7.14. The van der Waals surface area contributed by atoms with E-state index in [0.717, 1.165) is 60.3 Å². The molecule has 0 N–H and O–H groups in total. The van der Waals surface area contributed by atoms with E-state index >= 15 is 0 Å². The van der Waals surface area contributed by atoms with Gasteiger partial charge in [-0.2, -0.15) is 4.98 Å². The SMILES string of the molecule is Cc1nc(C)c2c(n1)OC(CN1CCc3sc(C(=O)N(C)C)cc3C1)C2. The van der Waals surface area contributed by atoms with E-state index in [9.17, 15) is 4.79 Å². The maximum absolute atomic E-state index is 12.2. The number of aromatic nitrogens is 2. The van der Waals surface area contributed by atoms with Gasteiger partial charge in [0.1, 0.15) is 11.9 Å². The molecule has 6 nitrogen and oxygen atoms in total. The smallest absolute Gasteiger partial charge is 0.263 e. The summed E-state index contributed by atoms with van der Waals surface area (Å²) in [6, 6.07) is 2.07. The first-order valence-corrected chi connectivity index (χ1v) is 9.78. The Morgan fingerprint density at radius 3 is 2.96 bits per heavy atom. The van der Waals surface area contributed by atoms with Crippen LogP contribution in [0.2, 0.25) is 0 Å². The van der Waals surface area contributed by atoms with E-state index in [2.05, 4.69) is 20.9 Å². The zero-order chi connectivity index (χ0) is 18.4. The third kappa shape index (κ3) is 3.21. The van der Waals surface area contributed by atoms with Crippen molar-refractivity contribution in [1.82, 2.24) is 19.8 Å². The fourth-order valence-electron chi connectivity index (χ4n) is 3.73. The first kappa shape index (κ1) is 17.4. The number of thiophene rings is 1. The summed E-state index contributed by atoms with van der Waals surface area (Å²) in [5.74, 6) is 1.61. The first-order chi connectivity index (χ1) is 12.4. The lowest BCUT2D eigenvalue weighted by Crippen LogP contribution is -2.37. The molecule has 4 heterocycles. The highest BCUT2D eigenvalue weighted by Gasteiger charge is 2.30. The van der Waals surface area contributed by atoms with E-state index < -0.39 is 0 Å². The molecule has 2 aromatic rings. The first-order valence-electron chi connectivity index (χ1n) is 8.97. The van der Waals surface area contributed by atoms with Crippen LogP contribution in [0.3, 0.4) is 0 Å². The third-order valence-corrected chi connectivity index (χ3v) is 6.25. The molecule has 1 amide bonds. The molecule has 0 saturated carbocycles. The number of hydrogen-bond acceptors (Lipinski definition) is 6. The predicted molar refractivity (Wildman–Crippen MR) is 101 cm³/mol. The van der Waals surface area contributed by atoms with Crippen LogP contribution in [0, 0.1) is 13.8 Å². The zero-order valence-electron chi connectivity index (χ0n) is 15.7. The van der Waals surface area contributed by atoms with Crippen molar-refractivity contribution < 1.29 is 9.53 Å². The van der Waals surface area contributed by atoms with Crippen molar-refractivity contribution in [2.75, 3.05) is 27.2 Å². The molecule has 138 valence electrons. The van der Waals surface area contributed by atoms with Crippen LogP contribution in [0.25, 0.3) is 0 Å². The van der Waals surface area contributed by atoms with Gasteiger partial charge in [-0.05, 0) is 31.9 Å². The Morgan fingerprint density at radius 1 is 1.38 bits per heavy atom. The summed E-state index contributed by atoms with van der Waals surface area (Å²) in [7, 11) is 3.60. The summed E-state index contributed by atoms with van der Waals surface area (Å²) in [5, 5.41) is 0. The van der Waals surface area contributed by atoms with Gasteiger partial charge in [0, 0.05) is 56.3 Å². The normalized spacial score (nSPS) is 19.0. The molecule has 4 rings (SSSR count). The van der Waals surface area contributed by atoms with Crippen molar-refractivity contribution in [2.45, 2.75) is 39.3 Å². The molecular formula is C19H24N4O2S. The second-order valence-electron chi connectivity index (χ2n) is 7.33. The van der Waals surface area contributed by atoms with Crippen LogP contribution in [0.15, 0.2) is 6.07 Å². The number of nitrogens with zero attached hydrogens (tertiary/aromatic N) is 4. The fourth-order valence-corrected chi connectivity index (χ4v) is 4.91. The largest absolute Gasteiger partial charge is 0.472 e. The van der Waals surface area contributed by atoms with Gasteiger partial charge in [-0.25, -0.2) is 4.98 Å². The Hall–Kier alpha value is -1.99. The number of amides is 1. The maximum Gasteiger partial charge on any atom is 0.263 e. The number of hydrogen-bond donors (Lipinski definition) is 0. The highest BCUT2D eigenvalue weighted by Crippen LogP contribution is 2.32. The van der Waals surface area contributed by atoms with Crippen molar-refractivity contribution >= 4 is 17.2 Å². The Morgan fingerprint density at radius 2 is 2.19 bits per heavy atom. The molecule has 26 heavy (non-hydrogen) atoms. The second kappa shape index (κ2) is 6.63. The van der Waals surface area contributed by atoms with Gasteiger partial charge in [0.2, 0.25) is 5.88 Å². The monoisotopic (exact) mass is 372 g/mol. The molecule has 0 spiro atoms. The molecule has 2 aliphatic rings. The molecule has 1 atom stereocenters. The molecule has 2 aliphatic heterocycles. The summed E-state index contributed by atoms with van der Waals surface area (Å²) in [5.41, 5.74) is 3.46. The molecular weight excluding hydrogens is 348 g/mol.